The van der Waals surface area contributed by atoms with Crippen LogP contribution in [-0.4, -0.2) is 13.3 Å². The number of rotatable bonds is 4. The highest BCUT2D eigenvalue weighted by molar-refractivity contribution is 7.98. The van der Waals surface area contributed by atoms with Crippen LogP contribution in [0.25, 0.3) is 0 Å². The van der Waals surface area contributed by atoms with Crippen molar-refractivity contribution in [3.63, 3.8) is 0 Å². The highest BCUT2D eigenvalue weighted by Crippen LogP contribution is 2.39. The van der Waals surface area contributed by atoms with E-state index in [4.69, 9.17) is 0 Å². The van der Waals surface area contributed by atoms with Crippen molar-refractivity contribution in [2.24, 2.45) is 11.8 Å². The lowest BCUT2D eigenvalue weighted by atomic mass is 9.77. The lowest BCUT2D eigenvalue weighted by Crippen LogP contribution is -2.28. The highest BCUT2D eigenvalue weighted by Gasteiger charge is 2.27. The van der Waals surface area contributed by atoms with E-state index < -0.39 is 0 Å². The molecule has 1 N–H and O–H groups in total. The highest BCUT2D eigenvalue weighted by atomic mass is 32.2. The van der Waals surface area contributed by atoms with Crippen LogP contribution in [0.1, 0.15) is 44.2 Å². The molecule has 1 unspecified atom stereocenters. The van der Waals surface area contributed by atoms with Crippen LogP contribution in [-0.2, 0) is 0 Å². The first-order valence-corrected chi connectivity index (χ1v) is 8.29. The second-order valence-electron chi connectivity index (χ2n) is 5.53. The normalized spacial score (nSPS) is 25.9. The molecule has 0 spiro atoms. The molecule has 1 nitrogen and oxygen atoms in total. The van der Waals surface area contributed by atoms with E-state index >= 15 is 0 Å². The summed E-state index contributed by atoms with van der Waals surface area (Å²) in [5.41, 5.74) is 1.49. The van der Waals surface area contributed by atoms with Gasteiger partial charge in [0.1, 0.15) is 0 Å². The van der Waals surface area contributed by atoms with Gasteiger partial charge in [0.2, 0.25) is 0 Å². The average molecular weight is 263 g/mol. The summed E-state index contributed by atoms with van der Waals surface area (Å²) in [7, 11) is 2.11. The largest absolute Gasteiger partial charge is 0.313 e. The minimum absolute atomic E-state index is 0.529. The first-order valence-electron chi connectivity index (χ1n) is 7.06. The predicted octanol–water partition coefficient (Wildman–Crippen LogP) is 4.50. The Balaban J connectivity index is 2.17. The molecule has 1 saturated carbocycles. The van der Waals surface area contributed by atoms with Crippen molar-refractivity contribution in [3.05, 3.63) is 29.8 Å². The van der Waals surface area contributed by atoms with Crippen LogP contribution in [0.2, 0.25) is 0 Å². The SMILES string of the molecule is CNC(c1ccccc1SC)C1CCC(C)CC1. The van der Waals surface area contributed by atoms with Gasteiger partial charge in [-0.2, -0.15) is 0 Å². The molecule has 1 fully saturated rings. The number of hydrogen-bond acceptors (Lipinski definition) is 2. The van der Waals surface area contributed by atoms with Crippen molar-refractivity contribution in [3.8, 4) is 0 Å². The van der Waals surface area contributed by atoms with Gasteiger partial charge in [-0.3, -0.25) is 0 Å². The average Bonchev–Trinajstić information content (AvgIpc) is 2.42. The van der Waals surface area contributed by atoms with E-state index in [1.54, 1.807) is 0 Å². The zero-order valence-corrected chi connectivity index (χ0v) is 12.6. The van der Waals surface area contributed by atoms with Crippen LogP contribution in [0.3, 0.4) is 0 Å². The Hall–Kier alpha value is -0.470. The quantitative estimate of drug-likeness (QED) is 0.803. The topological polar surface area (TPSA) is 12.0 Å². The third-order valence-electron chi connectivity index (χ3n) is 4.32. The van der Waals surface area contributed by atoms with Gasteiger partial charge in [-0.05, 0) is 49.6 Å². The molecule has 100 valence electrons. The molecule has 1 aromatic rings. The predicted molar refractivity (Wildman–Crippen MR) is 81.1 cm³/mol. The Morgan fingerprint density at radius 3 is 2.44 bits per heavy atom. The van der Waals surface area contributed by atoms with E-state index in [1.165, 1.54) is 36.1 Å². The van der Waals surface area contributed by atoms with Gasteiger partial charge in [0.15, 0.2) is 0 Å². The monoisotopic (exact) mass is 263 g/mol. The van der Waals surface area contributed by atoms with Crippen molar-refractivity contribution in [2.75, 3.05) is 13.3 Å². The fraction of sp³-hybridized carbons (Fsp3) is 0.625. The second kappa shape index (κ2) is 6.63. The smallest absolute Gasteiger partial charge is 0.0357 e. The number of hydrogen-bond donors (Lipinski definition) is 1. The molecule has 1 aliphatic rings. The van der Waals surface area contributed by atoms with Crippen LogP contribution in [0.15, 0.2) is 29.2 Å². The van der Waals surface area contributed by atoms with Crippen molar-refractivity contribution in [2.45, 2.75) is 43.5 Å². The van der Waals surface area contributed by atoms with E-state index in [2.05, 4.69) is 49.8 Å². The van der Waals surface area contributed by atoms with E-state index in [1.807, 2.05) is 11.8 Å². The van der Waals surface area contributed by atoms with Gasteiger partial charge in [-0.1, -0.05) is 38.0 Å². The number of thioether (sulfide) groups is 1. The van der Waals surface area contributed by atoms with E-state index in [-0.39, 0.29) is 0 Å². The minimum Gasteiger partial charge on any atom is -0.313 e. The van der Waals surface area contributed by atoms with Crippen molar-refractivity contribution in [1.82, 2.24) is 5.32 Å². The standard InChI is InChI=1S/C16H25NS/c1-12-8-10-13(11-9-12)16(17-2)14-6-4-5-7-15(14)18-3/h4-7,12-13,16-17H,8-11H2,1-3H3. The Kier molecular flexibility index (Phi) is 5.13. The maximum Gasteiger partial charge on any atom is 0.0357 e. The molecule has 1 aromatic carbocycles. The van der Waals surface area contributed by atoms with Crippen molar-refractivity contribution >= 4 is 11.8 Å². The summed E-state index contributed by atoms with van der Waals surface area (Å²) in [6.45, 7) is 2.39. The molecule has 0 amide bonds. The summed E-state index contributed by atoms with van der Waals surface area (Å²) in [5.74, 6) is 1.73. The summed E-state index contributed by atoms with van der Waals surface area (Å²) in [6, 6.07) is 9.39. The van der Waals surface area contributed by atoms with Crippen LogP contribution >= 0.6 is 11.8 Å². The third-order valence-corrected chi connectivity index (χ3v) is 5.13. The van der Waals surface area contributed by atoms with Crippen LogP contribution in [0.5, 0.6) is 0 Å². The molecule has 1 aliphatic carbocycles. The molecule has 0 bridgehead atoms. The molecule has 0 radical (unpaired) electrons. The molecular weight excluding hydrogens is 238 g/mol. The third kappa shape index (κ3) is 3.10. The van der Waals surface area contributed by atoms with Gasteiger partial charge in [-0.25, -0.2) is 0 Å². The van der Waals surface area contributed by atoms with E-state index in [0.717, 1.165) is 11.8 Å². The zero-order valence-electron chi connectivity index (χ0n) is 11.8. The molecular formula is C16H25NS. The van der Waals surface area contributed by atoms with Crippen LogP contribution < -0.4 is 5.32 Å². The lowest BCUT2D eigenvalue weighted by Gasteiger charge is -2.33. The summed E-state index contributed by atoms with van der Waals surface area (Å²) >= 11 is 1.86. The molecule has 2 rings (SSSR count). The van der Waals surface area contributed by atoms with Gasteiger partial charge in [0, 0.05) is 10.9 Å². The molecule has 0 heterocycles. The number of benzene rings is 1. The first-order chi connectivity index (χ1) is 8.76. The zero-order chi connectivity index (χ0) is 13.0. The van der Waals surface area contributed by atoms with E-state index in [0.29, 0.717) is 6.04 Å². The van der Waals surface area contributed by atoms with Crippen molar-refractivity contribution in [1.29, 1.82) is 0 Å². The Morgan fingerprint density at radius 2 is 1.83 bits per heavy atom. The van der Waals surface area contributed by atoms with Gasteiger partial charge in [0.05, 0.1) is 0 Å². The second-order valence-corrected chi connectivity index (χ2v) is 6.38. The maximum atomic E-state index is 3.56. The summed E-state index contributed by atoms with van der Waals surface area (Å²) in [4.78, 5) is 1.43. The lowest BCUT2D eigenvalue weighted by molar-refractivity contribution is 0.236. The minimum atomic E-state index is 0.529. The Morgan fingerprint density at radius 1 is 1.17 bits per heavy atom. The molecule has 0 aliphatic heterocycles. The molecule has 0 saturated heterocycles. The fourth-order valence-corrected chi connectivity index (χ4v) is 3.83. The maximum absolute atomic E-state index is 3.56. The van der Waals surface area contributed by atoms with Crippen LogP contribution in [0, 0.1) is 11.8 Å². The van der Waals surface area contributed by atoms with Gasteiger partial charge < -0.3 is 5.32 Å². The van der Waals surface area contributed by atoms with Gasteiger partial charge >= 0.3 is 0 Å². The van der Waals surface area contributed by atoms with Gasteiger partial charge in [0.25, 0.3) is 0 Å². The molecule has 2 heteroatoms. The molecule has 0 aromatic heterocycles. The summed E-state index contributed by atoms with van der Waals surface area (Å²) in [5, 5.41) is 3.56. The molecule has 18 heavy (non-hydrogen) atoms. The summed E-state index contributed by atoms with van der Waals surface area (Å²) < 4.78 is 0. The van der Waals surface area contributed by atoms with E-state index in [9.17, 15) is 0 Å². The first kappa shape index (κ1) is 14.0. The fourth-order valence-electron chi connectivity index (χ4n) is 3.19. The van der Waals surface area contributed by atoms with Gasteiger partial charge in [-0.15, -0.1) is 11.8 Å². The van der Waals surface area contributed by atoms with Crippen molar-refractivity contribution < 1.29 is 0 Å². The summed E-state index contributed by atoms with van der Waals surface area (Å²) in [6.07, 6.45) is 7.70. The number of nitrogens with one attached hydrogen (secondary N) is 1. The van der Waals surface area contributed by atoms with Crippen LogP contribution in [0.4, 0.5) is 0 Å². The Bertz CT molecular complexity index is 369. The Labute approximate surface area is 116 Å². The molecule has 1 atom stereocenters.